The molecule has 4 rings (SSSR count). The normalized spacial score (nSPS) is 12.9. The second-order valence-electron chi connectivity index (χ2n) is 6.24. The highest BCUT2D eigenvalue weighted by atomic mass is 15.3. The van der Waals surface area contributed by atoms with Gasteiger partial charge < -0.3 is 9.80 Å². The monoisotopic (exact) mass is 330 g/mol. The van der Waals surface area contributed by atoms with Crippen molar-refractivity contribution in [2.75, 3.05) is 22.9 Å². The van der Waals surface area contributed by atoms with Crippen LogP contribution in [0.2, 0.25) is 0 Å². The smallest absolute Gasteiger partial charge is 0.227 e. The molecule has 1 aliphatic rings. The van der Waals surface area contributed by atoms with E-state index in [1.165, 1.54) is 16.8 Å². The molecule has 0 N–H and O–H groups in total. The summed E-state index contributed by atoms with van der Waals surface area (Å²) in [5, 5.41) is 0. The summed E-state index contributed by atoms with van der Waals surface area (Å²) in [6, 6.07) is 21.0. The van der Waals surface area contributed by atoms with Crippen LogP contribution in [0.15, 0.2) is 66.9 Å². The van der Waals surface area contributed by atoms with Gasteiger partial charge in [0.25, 0.3) is 0 Å². The van der Waals surface area contributed by atoms with Crippen molar-refractivity contribution >= 4 is 17.5 Å². The molecule has 25 heavy (non-hydrogen) atoms. The molecule has 2 heterocycles. The molecular formula is C21H22N4. The van der Waals surface area contributed by atoms with Crippen LogP contribution in [0.25, 0.3) is 0 Å². The van der Waals surface area contributed by atoms with E-state index >= 15 is 0 Å². The van der Waals surface area contributed by atoms with Crippen LogP contribution in [0.4, 0.5) is 17.5 Å². The van der Waals surface area contributed by atoms with E-state index in [2.05, 4.69) is 70.2 Å². The fraction of sp³-hybridized carbons (Fsp3) is 0.238. The molecule has 4 heteroatoms. The maximum atomic E-state index is 4.86. The summed E-state index contributed by atoms with van der Waals surface area (Å²) in [6.45, 7) is 4.80. The van der Waals surface area contributed by atoms with Crippen LogP contribution in [0, 0.1) is 0 Å². The van der Waals surface area contributed by atoms with Crippen LogP contribution in [-0.4, -0.2) is 23.1 Å². The largest absolute Gasteiger partial charge is 0.337 e. The third kappa shape index (κ3) is 3.20. The lowest BCUT2D eigenvalue weighted by molar-refractivity contribution is 0.788. The first kappa shape index (κ1) is 15.6. The molecule has 0 saturated heterocycles. The van der Waals surface area contributed by atoms with Gasteiger partial charge in [-0.05, 0) is 36.6 Å². The van der Waals surface area contributed by atoms with E-state index in [0.29, 0.717) is 0 Å². The summed E-state index contributed by atoms with van der Waals surface area (Å²) >= 11 is 0. The molecule has 126 valence electrons. The van der Waals surface area contributed by atoms with Crippen molar-refractivity contribution < 1.29 is 0 Å². The Labute approximate surface area is 148 Å². The lowest BCUT2D eigenvalue weighted by atomic mass is 10.2. The van der Waals surface area contributed by atoms with E-state index in [1.807, 2.05) is 18.3 Å². The SMILES string of the molecule is CCN(Cc1ccccc1)c1nccc(N2CCc3ccccc32)n1. The van der Waals surface area contributed by atoms with Gasteiger partial charge in [0, 0.05) is 31.5 Å². The third-order valence-electron chi connectivity index (χ3n) is 4.67. The highest BCUT2D eigenvalue weighted by Crippen LogP contribution is 2.33. The minimum absolute atomic E-state index is 0.785. The molecule has 0 radical (unpaired) electrons. The molecule has 0 saturated carbocycles. The van der Waals surface area contributed by atoms with Crippen molar-refractivity contribution in [3.63, 3.8) is 0 Å². The van der Waals surface area contributed by atoms with Crippen LogP contribution < -0.4 is 9.80 Å². The van der Waals surface area contributed by atoms with Gasteiger partial charge in [0.05, 0.1) is 0 Å². The molecule has 0 fully saturated rings. The Bertz CT molecular complexity index is 847. The van der Waals surface area contributed by atoms with Crippen molar-refractivity contribution in [3.05, 3.63) is 78.0 Å². The Morgan fingerprint density at radius 3 is 2.64 bits per heavy atom. The van der Waals surface area contributed by atoms with E-state index in [4.69, 9.17) is 4.98 Å². The molecule has 0 bridgehead atoms. The number of anilines is 3. The van der Waals surface area contributed by atoms with E-state index < -0.39 is 0 Å². The Morgan fingerprint density at radius 1 is 1.00 bits per heavy atom. The highest BCUT2D eigenvalue weighted by Gasteiger charge is 2.21. The van der Waals surface area contributed by atoms with Crippen LogP contribution in [0.1, 0.15) is 18.1 Å². The quantitative estimate of drug-likeness (QED) is 0.702. The highest BCUT2D eigenvalue weighted by molar-refractivity contribution is 5.67. The molecule has 1 aromatic heterocycles. The van der Waals surface area contributed by atoms with Gasteiger partial charge in [-0.15, -0.1) is 0 Å². The van der Waals surface area contributed by atoms with Gasteiger partial charge in [-0.2, -0.15) is 4.98 Å². The summed E-state index contributed by atoms with van der Waals surface area (Å²) in [7, 11) is 0. The number of aromatic nitrogens is 2. The first-order valence-electron chi connectivity index (χ1n) is 8.82. The maximum absolute atomic E-state index is 4.86. The Balaban J connectivity index is 1.61. The summed E-state index contributed by atoms with van der Waals surface area (Å²) in [4.78, 5) is 13.9. The molecule has 0 spiro atoms. The number of para-hydroxylation sites is 1. The topological polar surface area (TPSA) is 32.3 Å². The third-order valence-corrected chi connectivity index (χ3v) is 4.67. The van der Waals surface area contributed by atoms with E-state index in [9.17, 15) is 0 Å². The zero-order chi connectivity index (χ0) is 17.1. The standard InChI is InChI=1S/C21H22N4/c1-2-24(16-17-8-4-3-5-9-17)21-22-14-12-20(23-21)25-15-13-18-10-6-7-11-19(18)25/h3-12,14H,2,13,15-16H2,1H3. The number of fused-ring (bicyclic) bond motifs is 1. The second kappa shape index (κ2) is 6.93. The van der Waals surface area contributed by atoms with Gasteiger partial charge in [0.2, 0.25) is 5.95 Å². The van der Waals surface area contributed by atoms with E-state index in [0.717, 1.165) is 37.8 Å². The Morgan fingerprint density at radius 2 is 1.80 bits per heavy atom. The predicted octanol–water partition coefficient (Wildman–Crippen LogP) is 4.20. The van der Waals surface area contributed by atoms with Crippen LogP contribution in [0.5, 0.6) is 0 Å². The number of rotatable bonds is 5. The predicted molar refractivity (Wildman–Crippen MR) is 102 cm³/mol. The number of hydrogen-bond donors (Lipinski definition) is 0. The summed E-state index contributed by atoms with van der Waals surface area (Å²) < 4.78 is 0. The van der Waals surface area contributed by atoms with Crippen molar-refractivity contribution in [1.29, 1.82) is 0 Å². The molecule has 3 aromatic rings. The van der Waals surface area contributed by atoms with Gasteiger partial charge in [-0.3, -0.25) is 0 Å². The molecule has 2 aromatic carbocycles. The van der Waals surface area contributed by atoms with Gasteiger partial charge in [-0.25, -0.2) is 4.98 Å². The van der Waals surface area contributed by atoms with Gasteiger partial charge in [0.15, 0.2) is 0 Å². The van der Waals surface area contributed by atoms with Crippen molar-refractivity contribution in [2.24, 2.45) is 0 Å². The zero-order valence-corrected chi connectivity index (χ0v) is 14.5. The maximum Gasteiger partial charge on any atom is 0.227 e. The number of nitrogens with zero attached hydrogens (tertiary/aromatic N) is 4. The zero-order valence-electron chi connectivity index (χ0n) is 14.5. The first-order chi connectivity index (χ1) is 12.3. The minimum atomic E-state index is 0.785. The van der Waals surface area contributed by atoms with Crippen molar-refractivity contribution in [1.82, 2.24) is 9.97 Å². The lowest BCUT2D eigenvalue weighted by Crippen LogP contribution is -2.25. The van der Waals surface area contributed by atoms with Crippen molar-refractivity contribution in [3.8, 4) is 0 Å². The Kier molecular flexibility index (Phi) is 4.34. The average molecular weight is 330 g/mol. The van der Waals surface area contributed by atoms with Crippen molar-refractivity contribution in [2.45, 2.75) is 19.9 Å². The first-order valence-corrected chi connectivity index (χ1v) is 8.82. The minimum Gasteiger partial charge on any atom is -0.337 e. The fourth-order valence-electron chi connectivity index (χ4n) is 3.35. The van der Waals surface area contributed by atoms with Crippen LogP contribution in [-0.2, 0) is 13.0 Å². The van der Waals surface area contributed by atoms with Gasteiger partial charge >= 0.3 is 0 Å². The van der Waals surface area contributed by atoms with E-state index in [1.54, 1.807) is 0 Å². The summed E-state index contributed by atoms with van der Waals surface area (Å²) in [6.07, 6.45) is 2.93. The number of hydrogen-bond acceptors (Lipinski definition) is 4. The molecule has 0 atom stereocenters. The molecule has 0 aliphatic carbocycles. The van der Waals surface area contributed by atoms with E-state index in [-0.39, 0.29) is 0 Å². The summed E-state index contributed by atoms with van der Waals surface area (Å²) in [5.41, 5.74) is 3.92. The van der Waals surface area contributed by atoms with Gasteiger partial charge in [-0.1, -0.05) is 48.5 Å². The second-order valence-corrected chi connectivity index (χ2v) is 6.24. The fourth-order valence-corrected chi connectivity index (χ4v) is 3.35. The van der Waals surface area contributed by atoms with Gasteiger partial charge in [0.1, 0.15) is 5.82 Å². The van der Waals surface area contributed by atoms with Crippen LogP contribution >= 0.6 is 0 Å². The average Bonchev–Trinajstić information content (AvgIpc) is 3.11. The number of benzene rings is 2. The molecule has 1 aliphatic heterocycles. The Hall–Kier alpha value is -2.88. The lowest BCUT2D eigenvalue weighted by Gasteiger charge is -2.23. The molecular weight excluding hydrogens is 308 g/mol. The molecule has 0 unspecified atom stereocenters. The van der Waals surface area contributed by atoms with Crippen LogP contribution in [0.3, 0.4) is 0 Å². The molecule has 4 nitrogen and oxygen atoms in total. The molecule has 0 amide bonds. The summed E-state index contributed by atoms with van der Waals surface area (Å²) in [5.74, 6) is 1.76.